The van der Waals surface area contributed by atoms with Crippen LogP contribution in [0.4, 0.5) is 0 Å². The molecule has 0 fully saturated rings. The number of amides is 2. The van der Waals surface area contributed by atoms with Gasteiger partial charge >= 0.3 is 0 Å². The molecule has 0 saturated carbocycles. The number of para-hydroxylation sites is 1. The van der Waals surface area contributed by atoms with Gasteiger partial charge in [0.05, 0.1) is 0 Å². The van der Waals surface area contributed by atoms with E-state index >= 15 is 0 Å². The fourth-order valence-electron chi connectivity index (χ4n) is 2.48. The highest BCUT2D eigenvalue weighted by Gasteiger charge is 2.10. The van der Waals surface area contributed by atoms with Crippen LogP contribution in [0.1, 0.15) is 25.8 Å². The third-order valence-electron chi connectivity index (χ3n) is 3.80. The standard InChI is InChI=1S/C17H23N3O2/c1-3-17(22)18-9-11-20(13(2)21)10-8-14-12-19-16-7-5-4-6-15(14)16/h4-7,12,19H,3,8-11H2,1-2H3,(H,18,22). The van der Waals surface area contributed by atoms with Crippen LogP contribution in [-0.4, -0.2) is 41.3 Å². The van der Waals surface area contributed by atoms with Crippen LogP contribution >= 0.6 is 0 Å². The summed E-state index contributed by atoms with van der Waals surface area (Å²) >= 11 is 0. The van der Waals surface area contributed by atoms with Crippen LogP contribution in [0.15, 0.2) is 30.5 Å². The van der Waals surface area contributed by atoms with E-state index in [2.05, 4.69) is 16.4 Å². The van der Waals surface area contributed by atoms with Gasteiger partial charge in [0.1, 0.15) is 0 Å². The van der Waals surface area contributed by atoms with E-state index in [4.69, 9.17) is 0 Å². The van der Waals surface area contributed by atoms with Gasteiger partial charge < -0.3 is 15.2 Å². The minimum atomic E-state index is 0.0140. The summed E-state index contributed by atoms with van der Waals surface area (Å²) in [5, 5.41) is 4.00. The maximum absolute atomic E-state index is 11.7. The van der Waals surface area contributed by atoms with Gasteiger partial charge in [-0.15, -0.1) is 0 Å². The summed E-state index contributed by atoms with van der Waals surface area (Å²) in [6.07, 6.45) is 3.27. The molecule has 0 bridgehead atoms. The Balaban J connectivity index is 1.91. The van der Waals surface area contributed by atoms with Crippen LogP contribution in [0.5, 0.6) is 0 Å². The Kier molecular flexibility index (Phi) is 5.58. The second-order valence-electron chi connectivity index (χ2n) is 5.32. The van der Waals surface area contributed by atoms with Crippen LogP contribution in [0.25, 0.3) is 10.9 Å². The van der Waals surface area contributed by atoms with Crippen LogP contribution in [-0.2, 0) is 16.0 Å². The third kappa shape index (κ3) is 4.10. The van der Waals surface area contributed by atoms with Crippen molar-refractivity contribution in [2.45, 2.75) is 26.7 Å². The zero-order chi connectivity index (χ0) is 15.9. The largest absolute Gasteiger partial charge is 0.361 e. The number of hydrogen-bond acceptors (Lipinski definition) is 2. The molecule has 2 amide bonds. The maximum Gasteiger partial charge on any atom is 0.219 e. The average molecular weight is 301 g/mol. The molecule has 1 aromatic carbocycles. The quantitative estimate of drug-likeness (QED) is 0.822. The minimum absolute atomic E-state index is 0.0140. The number of aromatic nitrogens is 1. The molecule has 1 heterocycles. The van der Waals surface area contributed by atoms with Gasteiger partial charge in [0.2, 0.25) is 11.8 Å². The molecule has 5 heteroatoms. The average Bonchev–Trinajstić information content (AvgIpc) is 2.93. The molecule has 22 heavy (non-hydrogen) atoms. The van der Waals surface area contributed by atoms with Gasteiger partial charge in [0.15, 0.2) is 0 Å². The molecular formula is C17H23N3O2. The van der Waals surface area contributed by atoms with Crippen molar-refractivity contribution >= 4 is 22.7 Å². The molecule has 0 aliphatic heterocycles. The zero-order valence-corrected chi connectivity index (χ0v) is 13.2. The lowest BCUT2D eigenvalue weighted by molar-refractivity contribution is -0.129. The highest BCUT2D eigenvalue weighted by molar-refractivity contribution is 5.83. The van der Waals surface area contributed by atoms with E-state index in [0.29, 0.717) is 26.1 Å². The van der Waals surface area contributed by atoms with Crippen molar-refractivity contribution in [2.24, 2.45) is 0 Å². The van der Waals surface area contributed by atoms with Crippen molar-refractivity contribution in [1.29, 1.82) is 0 Å². The number of carbonyl (C=O) groups excluding carboxylic acids is 2. The van der Waals surface area contributed by atoms with Gasteiger partial charge in [-0.25, -0.2) is 0 Å². The first-order valence-electron chi connectivity index (χ1n) is 7.69. The molecule has 0 aliphatic rings. The molecule has 2 rings (SSSR count). The first-order chi connectivity index (χ1) is 10.6. The molecule has 2 aromatic rings. The maximum atomic E-state index is 11.7. The molecule has 0 radical (unpaired) electrons. The minimum Gasteiger partial charge on any atom is -0.361 e. The number of carbonyl (C=O) groups is 2. The predicted octanol–water partition coefficient (Wildman–Crippen LogP) is 2.09. The van der Waals surface area contributed by atoms with E-state index in [-0.39, 0.29) is 11.8 Å². The number of benzene rings is 1. The molecule has 0 atom stereocenters. The number of H-pyrrole nitrogens is 1. The SMILES string of the molecule is CCC(=O)NCCN(CCc1c[nH]c2ccccc12)C(C)=O. The van der Waals surface area contributed by atoms with Gasteiger partial charge in [-0.05, 0) is 18.1 Å². The molecule has 118 valence electrons. The lowest BCUT2D eigenvalue weighted by atomic mass is 10.1. The number of fused-ring (bicyclic) bond motifs is 1. The fourth-order valence-corrected chi connectivity index (χ4v) is 2.48. The zero-order valence-electron chi connectivity index (χ0n) is 13.2. The first kappa shape index (κ1) is 16.1. The monoisotopic (exact) mass is 301 g/mol. The Morgan fingerprint density at radius 2 is 2.00 bits per heavy atom. The van der Waals surface area contributed by atoms with Gasteiger partial charge in [0.25, 0.3) is 0 Å². The Bertz CT molecular complexity index is 648. The van der Waals surface area contributed by atoms with Crippen molar-refractivity contribution in [1.82, 2.24) is 15.2 Å². The number of hydrogen-bond donors (Lipinski definition) is 2. The summed E-state index contributed by atoms with van der Waals surface area (Å²) in [7, 11) is 0. The van der Waals surface area contributed by atoms with Gasteiger partial charge in [0, 0.05) is 50.1 Å². The normalized spacial score (nSPS) is 10.6. The van der Waals surface area contributed by atoms with Gasteiger partial charge in [-0.3, -0.25) is 9.59 Å². The van der Waals surface area contributed by atoms with Crippen molar-refractivity contribution < 1.29 is 9.59 Å². The second-order valence-corrected chi connectivity index (χ2v) is 5.32. The van der Waals surface area contributed by atoms with E-state index in [1.807, 2.05) is 31.3 Å². The Hall–Kier alpha value is -2.30. The lowest BCUT2D eigenvalue weighted by Crippen LogP contribution is -2.38. The van der Waals surface area contributed by atoms with Crippen LogP contribution in [0.2, 0.25) is 0 Å². The highest BCUT2D eigenvalue weighted by atomic mass is 16.2. The van der Waals surface area contributed by atoms with E-state index < -0.39 is 0 Å². The van der Waals surface area contributed by atoms with Crippen molar-refractivity contribution in [2.75, 3.05) is 19.6 Å². The fraction of sp³-hybridized carbons (Fsp3) is 0.412. The Morgan fingerprint density at radius 1 is 1.23 bits per heavy atom. The smallest absolute Gasteiger partial charge is 0.219 e. The Morgan fingerprint density at radius 3 is 2.73 bits per heavy atom. The lowest BCUT2D eigenvalue weighted by Gasteiger charge is -2.21. The van der Waals surface area contributed by atoms with E-state index in [1.165, 1.54) is 10.9 Å². The van der Waals surface area contributed by atoms with Crippen LogP contribution in [0.3, 0.4) is 0 Å². The molecule has 0 unspecified atom stereocenters. The molecule has 1 aromatic heterocycles. The Labute approximate surface area is 130 Å². The number of nitrogens with one attached hydrogen (secondary N) is 2. The van der Waals surface area contributed by atoms with Gasteiger partial charge in [-0.2, -0.15) is 0 Å². The van der Waals surface area contributed by atoms with Crippen molar-refractivity contribution in [3.63, 3.8) is 0 Å². The van der Waals surface area contributed by atoms with Gasteiger partial charge in [-0.1, -0.05) is 25.1 Å². The highest BCUT2D eigenvalue weighted by Crippen LogP contribution is 2.18. The molecule has 2 N–H and O–H groups in total. The van der Waals surface area contributed by atoms with E-state index in [0.717, 1.165) is 11.9 Å². The van der Waals surface area contributed by atoms with Crippen molar-refractivity contribution in [3.05, 3.63) is 36.0 Å². The first-order valence-corrected chi connectivity index (χ1v) is 7.69. The van der Waals surface area contributed by atoms with Crippen molar-refractivity contribution in [3.8, 4) is 0 Å². The summed E-state index contributed by atoms with van der Waals surface area (Å²) in [4.78, 5) is 28.0. The van der Waals surface area contributed by atoms with Crippen LogP contribution in [0, 0.1) is 0 Å². The van der Waals surface area contributed by atoms with Crippen LogP contribution < -0.4 is 5.32 Å². The summed E-state index contributed by atoms with van der Waals surface area (Å²) < 4.78 is 0. The second kappa shape index (κ2) is 7.64. The molecular weight excluding hydrogens is 278 g/mol. The topological polar surface area (TPSA) is 65.2 Å². The summed E-state index contributed by atoms with van der Waals surface area (Å²) in [5.41, 5.74) is 2.32. The third-order valence-corrected chi connectivity index (χ3v) is 3.80. The summed E-state index contributed by atoms with van der Waals surface area (Å²) in [6.45, 7) is 5.08. The van der Waals surface area contributed by atoms with E-state index in [9.17, 15) is 9.59 Å². The number of nitrogens with zero attached hydrogens (tertiary/aromatic N) is 1. The molecule has 5 nitrogen and oxygen atoms in total. The molecule has 0 aliphatic carbocycles. The summed E-state index contributed by atoms with van der Waals surface area (Å²) in [6, 6.07) is 8.15. The summed E-state index contributed by atoms with van der Waals surface area (Å²) in [5.74, 6) is 0.0470. The molecule has 0 spiro atoms. The molecule has 0 saturated heterocycles. The number of rotatable bonds is 7. The number of aromatic amines is 1. The predicted molar refractivity (Wildman–Crippen MR) is 87.6 cm³/mol. The van der Waals surface area contributed by atoms with E-state index in [1.54, 1.807) is 11.8 Å².